The van der Waals surface area contributed by atoms with Crippen LogP contribution < -0.4 is 16.2 Å². The van der Waals surface area contributed by atoms with Gasteiger partial charge in [-0.15, -0.1) is 0 Å². The predicted molar refractivity (Wildman–Crippen MR) is 136 cm³/mol. The van der Waals surface area contributed by atoms with Gasteiger partial charge >= 0.3 is 0 Å². The molecule has 0 saturated heterocycles. The Hall–Kier alpha value is -3.79. The molecule has 0 aliphatic carbocycles. The molecule has 0 aliphatic rings. The summed E-state index contributed by atoms with van der Waals surface area (Å²) in [6, 6.07) is 14.2. The third-order valence-electron chi connectivity index (χ3n) is 5.58. The molecule has 3 heterocycles. The molecule has 1 unspecified atom stereocenters. The molecule has 4 rings (SSSR count). The zero-order valence-corrected chi connectivity index (χ0v) is 20.8. The van der Waals surface area contributed by atoms with E-state index < -0.39 is 5.25 Å². The molecule has 0 radical (unpaired) electrons. The van der Waals surface area contributed by atoms with E-state index in [0.717, 1.165) is 0 Å². The van der Waals surface area contributed by atoms with Gasteiger partial charge in [0.1, 0.15) is 11.5 Å². The molecular formula is C26H28N4O5S. The number of nitrogens with one attached hydrogen (secondary N) is 2. The van der Waals surface area contributed by atoms with Crippen LogP contribution in [0.4, 0.5) is 0 Å². The number of rotatable bonds is 12. The van der Waals surface area contributed by atoms with Gasteiger partial charge < -0.3 is 19.5 Å². The van der Waals surface area contributed by atoms with Crippen molar-refractivity contribution in [1.29, 1.82) is 0 Å². The lowest BCUT2D eigenvalue weighted by atomic mass is 10.2. The number of hydrogen-bond donors (Lipinski definition) is 2. The van der Waals surface area contributed by atoms with Crippen LogP contribution in [0.3, 0.4) is 0 Å². The zero-order chi connectivity index (χ0) is 25.3. The fourth-order valence-electron chi connectivity index (χ4n) is 3.67. The lowest BCUT2D eigenvalue weighted by molar-refractivity contribution is -0.122. The number of thioether (sulfide) groups is 1. The normalized spacial score (nSPS) is 11.9. The van der Waals surface area contributed by atoms with Gasteiger partial charge in [0.25, 0.3) is 5.56 Å². The summed E-state index contributed by atoms with van der Waals surface area (Å²) in [6.07, 6.45) is 4.35. The van der Waals surface area contributed by atoms with Gasteiger partial charge in [-0.2, -0.15) is 0 Å². The minimum absolute atomic E-state index is 0.133. The van der Waals surface area contributed by atoms with Gasteiger partial charge in [-0.1, -0.05) is 30.8 Å². The molecule has 36 heavy (non-hydrogen) atoms. The van der Waals surface area contributed by atoms with Crippen LogP contribution in [0.5, 0.6) is 0 Å². The third kappa shape index (κ3) is 6.45. The Kier molecular flexibility index (Phi) is 8.62. The zero-order valence-electron chi connectivity index (χ0n) is 19.9. The summed E-state index contributed by atoms with van der Waals surface area (Å²) in [5, 5.41) is 6.20. The van der Waals surface area contributed by atoms with Crippen molar-refractivity contribution in [3.05, 3.63) is 82.9 Å². The number of benzene rings is 1. The highest BCUT2D eigenvalue weighted by molar-refractivity contribution is 8.00. The number of fused-ring (bicyclic) bond motifs is 1. The topological polar surface area (TPSA) is 119 Å². The standard InChI is InChI=1S/C26H28N4O5S/c1-2-22(24(32)28-17-19-9-7-15-35-19)36-26-29-21-11-4-3-10-20(21)25(33)30(26)13-5-12-23(31)27-16-18-8-6-14-34-18/h3-4,6-11,14-15,22H,2,5,12-13,16-17H2,1H3,(H,27,31)(H,28,32). The van der Waals surface area contributed by atoms with Crippen molar-refractivity contribution in [2.75, 3.05) is 0 Å². The summed E-state index contributed by atoms with van der Waals surface area (Å²) in [5.41, 5.74) is 0.383. The third-order valence-corrected chi connectivity index (χ3v) is 6.93. The molecule has 10 heteroatoms. The number of para-hydroxylation sites is 1. The number of carbonyl (C=O) groups is 2. The van der Waals surface area contributed by atoms with E-state index in [0.29, 0.717) is 53.5 Å². The first kappa shape index (κ1) is 25.3. The first-order valence-corrected chi connectivity index (χ1v) is 12.7. The molecule has 0 fully saturated rings. The molecular weight excluding hydrogens is 480 g/mol. The SMILES string of the molecule is CCC(Sc1nc2ccccc2c(=O)n1CCCC(=O)NCc1ccco1)C(=O)NCc1ccco1. The van der Waals surface area contributed by atoms with Gasteiger partial charge in [0.2, 0.25) is 11.8 Å². The van der Waals surface area contributed by atoms with Crippen LogP contribution in [-0.4, -0.2) is 26.6 Å². The van der Waals surface area contributed by atoms with E-state index in [-0.39, 0.29) is 30.3 Å². The Balaban J connectivity index is 1.46. The Morgan fingerprint density at radius 2 is 1.69 bits per heavy atom. The van der Waals surface area contributed by atoms with E-state index in [1.165, 1.54) is 11.8 Å². The second-order valence-corrected chi connectivity index (χ2v) is 9.31. The smallest absolute Gasteiger partial charge is 0.262 e. The van der Waals surface area contributed by atoms with E-state index in [4.69, 9.17) is 13.8 Å². The van der Waals surface area contributed by atoms with Gasteiger partial charge in [0.15, 0.2) is 5.16 Å². The summed E-state index contributed by atoms with van der Waals surface area (Å²) in [5.74, 6) is 1.04. The van der Waals surface area contributed by atoms with E-state index in [1.54, 1.807) is 59.6 Å². The van der Waals surface area contributed by atoms with E-state index in [2.05, 4.69) is 10.6 Å². The quantitative estimate of drug-likeness (QED) is 0.220. The highest BCUT2D eigenvalue weighted by atomic mass is 32.2. The van der Waals surface area contributed by atoms with E-state index in [9.17, 15) is 14.4 Å². The van der Waals surface area contributed by atoms with Crippen molar-refractivity contribution >= 4 is 34.5 Å². The second kappa shape index (κ2) is 12.3. The highest BCUT2D eigenvalue weighted by Gasteiger charge is 2.22. The monoisotopic (exact) mass is 508 g/mol. The first-order chi connectivity index (χ1) is 17.5. The molecule has 188 valence electrons. The fourth-order valence-corrected chi connectivity index (χ4v) is 4.73. The molecule has 1 aromatic carbocycles. The van der Waals surface area contributed by atoms with Crippen LogP contribution in [0.1, 0.15) is 37.7 Å². The molecule has 0 bridgehead atoms. The van der Waals surface area contributed by atoms with Crippen LogP contribution in [0.2, 0.25) is 0 Å². The van der Waals surface area contributed by atoms with Crippen molar-refractivity contribution in [3.63, 3.8) is 0 Å². The van der Waals surface area contributed by atoms with Crippen molar-refractivity contribution in [2.45, 2.75) is 56.2 Å². The molecule has 3 aromatic heterocycles. The molecule has 9 nitrogen and oxygen atoms in total. The van der Waals surface area contributed by atoms with Gasteiger partial charge in [0, 0.05) is 13.0 Å². The lowest BCUT2D eigenvalue weighted by Crippen LogP contribution is -2.33. The summed E-state index contributed by atoms with van der Waals surface area (Å²) < 4.78 is 12.1. The van der Waals surface area contributed by atoms with Crippen LogP contribution in [0.25, 0.3) is 10.9 Å². The summed E-state index contributed by atoms with van der Waals surface area (Å²) in [4.78, 5) is 43.1. The Labute approximate surface area is 212 Å². The molecule has 2 N–H and O–H groups in total. The Morgan fingerprint density at radius 1 is 1.00 bits per heavy atom. The predicted octanol–water partition coefficient (Wildman–Crippen LogP) is 3.87. The molecule has 1 atom stereocenters. The number of amides is 2. The van der Waals surface area contributed by atoms with E-state index >= 15 is 0 Å². The first-order valence-electron chi connectivity index (χ1n) is 11.8. The van der Waals surface area contributed by atoms with Crippen LogP contribution in [0.15, 0.2) is 79.8 Å². The summed E-state index contributed by atoms with van der Waals surface area (Å²) in [6.45, 7) is 2.82. The van der Waals surface area contributed by atoms with Crippen molar-refractivity contribution in [2.24, 2.45) is 0 Å². The van der Waals surface area contributed by atoms with Crippen LogP contribution in [0, 0.1) is 0 Å². The lowest BCUT2D eigenvalue weighted by Gasteiger charge is -2.18. The van der Waals surface area contributed by atoms with Gasteiger partial charge in [-0.25, -0.2) is 4.98 Å². The van der Waals surface area contributed by atoms with Gasteiger partial charge in [-0.05, 0) is 49.2 Å². The van der Waals surface area contributed by atoms with Crippen LogP contribution in [-0.2, 0) is 29.2 Å². The number of furan rings is 2. The summed E-state index contributed by atoms with van der Waals surface area (Å²) in [7, 11) is 0. The second-order valence-electron chi connectivity index (χ2n) is 8.14. The maximum absolute atomic E-state index is 13.3. The fraction of sp³-hybridized carbons (Fsp3) is 0.308. The minimum atomic E-state index is -0.448. The molecule has 0 aliphatic heterocycles. The van der Waals surface area contributed by atoms with Crippen molar-refractivity contribution < 1.29 is 18.4 Å². The van der Waals surface area contributed by atoms with Crippen LogP contribution >= 0.6 is 11.8 Å². The highest BCUT2D eigenvalue weighted by Crippen LogP contribution is 2.25. The molecule has 4 aromatic rings. The average Bonchev–Trinajstić information content (AvgIpc) is 3.61. The minimum Gasteiger partial charge on any atom is -0.467 e. The Morgan fingerprint density at radius 3 is 2.36 bits per heavy atom. The maximum atomic E-state index is 13.3. The van der Waals surface area contributed by atoms with E-state index in [1.807, 2.05) is 13.0 Å². The number of carbonyl (C=O) groups excluding carboxylic acids is 2. The molecule has 2 amide bonds. The molecule has 0 saturated carbocycles. The number of nitrogens with zero attached hydrogens (tertiary/aromatic N) is 2. The Bertz CT molecular complexity index is 1350. The number of hydrogen-bond acceptors (Lipinski definition) is 7. The summed E-state index contributed by atoms with van der Waals surface area (Å²) >= 11 is 1.25. The average molecular weight is 509 g/mol. The molecule has 0 spiro atoms. The van der Waals surface area contributed by atoms with Gasteiger partial charge in [0.05, 0.1) is 41.8 Å². The van der Waals surface area contributed by atoms with Crippen molar-refractivity contribution in [1.82, 2.24) is 20.2 Å². The maximum Gasteiger partial charge on any atom is 0.262 e. The number of aromatic nitrogens is 2. The van der Waals surface area contributed by atoms with Crippen molar-refractivity contribution in [3.8, 4) is 0 Å². The largest absolute Gasteiger partial charge is 0.467 e. The van der Waals surface area contributed by atoms with Gasteiger partial charge in [-0.3, -0.25) is 19.0 Å².